The summed E-state index contributed by atoms with van der Waals surface area (Å²) in [5.74, 6) is 0.190. The van der Waals surface area contributed by atoms with Gasteiger partial charge < -0.3 is 5.32 Å². The SMILES string of the molecule is CC(C)c1ccc(/C=C2\SC(=S)N(CCC(=O)NCc3cccnc3)C2=O)cc1. The van der Waals surface area contributed by atoms with Crippen LogP contribution in [0.4, 0.5) is 0 Å². The summed E-state index contributed by atoms with van der Waals surface area (Å²) >= 11 is 6.62. The van der Waals surface area contributed by atoms with Crippen molar-refractivity contribution >= 4 is 46.2 Å². The molecule has 0 radical (unpaired) electrons. The van der Waals surface area contributed by atoms with Gasteiger partial charge in [-0.2, -0.15) is 0 Å². The molecule has 0 unspecified atom stereocenters. The first-order valence-electron chi connectivity index (χ1n) is 9.45. The van der Waals surface area contributed by atoms with Crippen LogP contribution in [0.25, 0.3) is 6.08 Å². The van der Waals surface area contributed by atoms with Crippen LogP contribution < -0.4 is 5.32 Å². The lowest BCUT2D eigenvalue weighted by Gasteiger charge is -2.14. The monoisotopic (exact) mass is 425 g/mol. The third-order valence-electron chi connectivity index (χ3n) is 4.55. The maximum atomic E-state index is 12.7. The Balaban J connectivity index is 1.55. The molecule has 2 heterocycles. The van der Waals surface area contributed by atoms with E-state index < -0.39 is 0 Å². The normalized spacial score (nSPS) is 15.4. The molecule has 1 aliphatic heterocycles. The summed E-state index contributed by atoms with van der Waals surface area (Å²) in [4.78, 5) is 30.9. The predicted octanol–water partition coefficient (Wildman–Crippen LogP) is 4.11. The molecule has 5 nitrogen and oxygen atoms in total. The van der Waals surface area contributed by atoms with Gasteiger partial charge in [0, 0.05) is 31.9 Å². The number of hydrogen-bond donors (Lipinski definition) is 1. The highest BCUT2D eigenvalue weighted by atomic mass is 32.2. The minimum absolute atomic E-state index is 0.129. The number of nitrogens with zero attached hydrogens (tertiary/aromatic N) is 2. The van der Waals surface area contributed by atoms with Crippen molar-refractivity contribution in [3.05, 3.63) is 70.4 Å². The molecule has 0 atom stereocenters. The van der Waals surface area contributed by atoms with Gasteiger partial charge in [-0.05, 0) is 34.8 Å². The number of nitrogens with one attached hydrogen (secondary N) is 1. The second-order valence-electron chi connectivity index (χ2n) is 7.04. The summed E-state index contributed by atoms with van der Waals surface area (Å²) in [6, 6.07) is 11.9. The number of rotatable bonds is 7. The molecule has 29 heavy (non-hydrogen) atoms. The van der Waals surface area contributed by atoms with Crippen molar-refractivity contribution in [3.8, 4) is 0 Å². The summed E-state index contributed by atoms with van der Waals surface area (Å²) in [7, 11) is 0. The number of amides is 2. The van der Waals surface area contributed by atoms with Crippen LogP contribution in [0.15, 0.2) is 53.7 Å². The summed E-state index contributed by atoms with van der Waals surface area (Å²) < 4.78 is 0.486. The first-order chi connectivity index (χ1) is 13.9. The van der Waals surface area contributed by atoms with E-state index in [1.54, 1.807) is 12.4 Å². The van der Waals surface area contributed by atoms with Crippen molar-refractivity contribution in [2.75, 3.05) is 6.54 Å². The van der Waals surface area contributed by atoms with Gasteiger partial charge >= 0.3 is 0 Å². The van der Waals surface area contributed by atoms with E-state index in [0.29, 0.717) is 21.7 Å². The van der Waals surface area contributed by atoms with Crippen LogP contribution in [0.5, 0.6) is 0 Å². The van der Waals surface area contributed by atoms with E-state index in [9.17, 15) is 9.59 Å². The number of carbonyl (C=O) groups excluding carboxylic acids is 2. The third kappa shape index (κ3) is 5.74. The van der Waals surface area contributed by atoms with Gasteiger partial charge in [0.15, 0.2) is 0 Å². The maximum Gasteiger partial charge on any atom is 0.266 e. The summed E-state index contributed by atoms with van der Waals surface area (Å²) in [5.41, 5.74) is 3.15. The molecule has 2 aromatic rings. The lowest BCUT2D eigenvalue weighted by atomic mass is 10.0. The van der Waals surface area contributed by atoms with Crippen molar-refractivity contribution in [3.63, 3.8) is 0 Å². The number of carbonyl (C=O) groups is 2. The van der Waals surface area contributed by atoms with Crippen molar-refractivity contribution < 1.29 is 9.59 Å². The van der Waals surface area contributed by atoms with Crippen LogP contribution in [0.3, 0.4) is 0 Å². The molecule has 1 aromatic carbocycles. The van der Waals surface area contributed by atoms with Gasteiger partial charge in [0.05, 0.1) is 4.91 Å². The third-order valence-corrected chi connectivity index (χ3v) is 5.93. The van der Waals surface area contributed by atoms with E-state index in [-0.39, 0.29) is 24.8 Å². The zero-order valence-corrected chi connectivity index (χ0v) is 18.1. The highest BCUT2D eigenvalue weighted by Gasteiger charge is 2.32. The number of pyridine rings is 1. The summed E-state index contributed by atoms with van der Waals surface area (Å²) in [6.07, 6.45) is 5.45. The van der Waals surface area contributed by atoms with Crippen LogP contribution in [-0.2, 0) is 16.1 Å². The molecule has 1 fully saturated rings. The standard InChI is InChI=1S/C22H23N3O2S2/c1-15(2)18-7-5-16(6-8-18)12-19-21(27)25(22(28)29-19)11-9-20(26)24-14-17-4-3-10-23-13-17/h3-8,10,12-13,15H,9,11,14H2,1-2H3,(H,24,26)/b19-12-. The number of thioether (sulfide) groups is 1. The van der Waals surface area contributed by atoms with Gasteiger partial charge in [0.25, 0.3) is 5.91 Å². The molecule has 150 valence electrons. The van der Waals surface area contributed by atoms with E-state index >= 15 is 0 Å². The van der Waals surface area contributed by atoms with Gasteiger partial charge in [-0.3, -0.25) is 19.5 Å². The second-order valence-corrected chi connectivity index (χ2v) is 8.72. The number of thiocarbonyl (C=S) groups is 1. The van der Waals surface area contributed by atoms with Crippen molar-refractivity contribution in [1.82, 2.24) is 15.2 Å². The average Bonchev–Trinajstić information content (AvgIpc) is 2.98. The van der Waals surface area contributed by atoms with Gasteiger partial charge in [0.1, 0.15) is 4.32 Å². The van der Waals surface area contributed by atoms with E-state index in [1.807, 2.05) is 30.3 Å². The molecule has 1 aliphatic rings. The Morgan fingerprint density at radius 3 is 2.69 bits per heavy atom. The lowest BCUT2D eigenvalue weighted by Crippen LogP contribution is -2.33. The molecule has 1 saturated heterocycles. The fraction of sp³-hybridized carbons (Fsp3) is 0.273. The summed E-state index contributed by atoms with van der Waals surface area (Å²) in [5, 5.41) is 2.84. The van der Waals surface area contributed by atoms with Crippen LogP contribution in [0.2, 0.25) is 0 Å². The smallest absolute Gasteiger partial charge is 0.266 e. The van der Waals surface area contributed by atoms with Gasteiger partial charge in [0.2, 0.25) is 5.91 Å². The topological polar surface area (TPSA) is 62.3 Å². The molecule has 3 rings (SSSR count). The minimum Gasteiger partial charge on any atom is -0.352 e. The number of hydrogen-bond acceptors (Lipinski definition) is 5. The van der Waals surface area contributed by atoms with Gasteiger partial charge in [-0.25, -0.2) is 0 Å². The van der Waals surface area contributed by atoms with E-state index in [4.69, 9.17) is 12.2 Å². The Morgan fingerprint density at radius 2 is 2.03 bits per heavy atom. The fourth-order valence-corrected chi connectivity index (χ4v) is 4.13. The molecular weight excluding hydrogens is 402 g/mol. The Kier molecular flexibility index (Phi) is 7.17. The van der Waals surface area contributed by atoms with Crippen LogP contribution >= 0.6 is 24.0 Å². The van der Waals surface area contributed by atoms with Crippen molar-refractivity contribution in [1.29, 1.82) is 0 Å². The number of aromatic nitrogens is 1. The van der Waals surface area contributed by atoms with Crippen LogP contribution in [0, 0.1) is 0 Å². The fourth-order valence-electron chi connectivity index (χ4n) is 2.83. The molecule has 0 bridgehead atoms. The predicted molar refractivity (Wildman–Crippen MR) is 121 cm³/mol. The van der Waals surface area contributed by atoms with Gasteiger partial charge in [-0.15, -0.1) is 0 Å². The Hall–Kier alpha value is -2.51. The first-order valence-corrected chi connectivity index (χ1v) is 10.7. The molecule has 1 aromatic heterocycles. The van der Waals surface area contributed by atoms with E-state index in [2.05, 4.69) is 36.3 Å². The molecule has 0 spiro atoms. The molecule has 0 saturated carbocycles. The molecule has 7 heteroatoms. The highest BCUT2D eigenvalue weighted by molar-refractivity contribution is 8.26. The molecule has 2 amide bonds. The van der Waals surface area contributed by atoms with Gasteiger partial charge in [-0.1, -0.05) is 68.2 Å². The second kappa shape index (κ2) is 9.80. The van der Waals surface area contributed by atoms with Crippen LogP contribution in [0.1, 0.15) is 42.9 Å². The van der Waals surface area contributed by atoms with Crippen molar-refractivity contribution in [2.45, 2.75) is 32.7 Å². The van der Waals surface area contributed by atoms with E-state index in [0.717, 1.165) is 11.1 Å². The highest BCUT2D eigenvalue weighted by Crippen LogP contribution is 2.32. The molecular formula is C22H23N3O2S2. The van der Waals surface area contributed by atoms with E-state index in [1.165, 1.54) is 22.2 Å². The minimum atomic E-state index is -0.145. The molecule has 1 N–H and O–H groups in total. The Labute approximate surface area is 180 Å². The lowest BCUT2D eigenvalue weighted by molar-refractivity contribution is -0.123. The maximum absolute atomic E-state index is 12.7. The zero-order chi connectivity index (χ0) is 20.8. The Morgan fingerprint density at radius 1 is 1.28 bits per heavy atom. The van der Waals surface area contributed by atoms with Crippen molar-refractivity contribution in [2.24, 2.45) is 0 Å². The van der Waals surface area contributed by atoms with Crippen LogP contribution in [-0.4, -0.2) is 32.6 Å². The quantitative estimate of drug-likeness (QED) is 0.534. The Bertz CT molecular complexity index is 925. The largest absolute Gasteiger partial charge is 0.352 e. The average molecular weight is 426 g/mol. The first kappa shape index (κ1) is 21.2. The number of benzene rings is 1. The summed E-state index contributed by atoms with van der Waals surface area (Å²) in [6.45, 7) is 4.98. The zero-order valence-electron chi connectivity index (χ0n) is 16.4. The molecule has 0 aliphatic carbocycles.